The second kappa shape index (κ2) is 5.63. The molecule has 0 atom stereocenters. The quantitative estimate of drug-likeness (QED) is 0.391. The van der Waals surface area contributed by atoms with Crippen molar-refractivity contribution < 1.29 is 23.5 Å². The molecule has 0 N–H and O–H groups in total. The van der Waals surface area contributed by atoms with E-state index in [9.17, 15) is 9.59 Å². The fourth-order valence-corrected chi connectivity index (χ4v) is 2.69. The summed E-state index contributed by atoms with van der Waals surface area (Å²) < 4.78 is 16.4. The molecule has 0 aliphatic carbocycles. The van der Waals surface area contributed by atoms with Gasteiger partial charge >= 0.3 is 5.97 Å². The summed E-state index contributed by atoms with van der Waals surface area (Å²) in [6.45, 7) is 3.61. The van der Waals surface area contributed by atoms with E-state index in [1.807, 2.05) is 32.0 Å². The van der Waals surface area contributed by atoms with Crippen LogP contribution in [0.15, 0.2) is 64.3 Å². The molecule has 0 bridgehead atoms. The SMILES string of the molecule is CC(C)=C1Oc2cc(OC(=O)c3cc4ccccc4o3)ccc2C1=O. The average molecular weight is 334 g/mol. The van der Waals surface area contributed by atoms with E-state index in [0.717, 1.165) is 11.0 Å². The van der Waals surface area contributed by atoms with Crippen LogP contribution in [0.3, 0.4) is 0 Å². The third kappa shape index (κ3) is 2.59. The van der Waals surface area contributed by atoms with Crippen molar-refractivity contribution in [3.05, 3.63) is 71.2 Å². The highest BCUT2D eigenvalue weighted by atomic mass is 16.5. The Hall–Kier alpha value is -3.34. The van der Waals surface area contributed by atoms with Crippen LogP contribution in [-0.4, -0.2) is 11.8 Å². The highest BCUT2D eigenvalue weighted by Gasteiger charge is 2.29. The summed E-state index contributed by atoms with van der Waals surface area (Å²) in [6, 6.07) is 13.6. The molecule has 2 heterocycles. The lowest BCUT2D eigenvalue weighted by molar-refractivity contribution is 0.0703. The summed E-state index contributed by atoms with van der Waals surface area (Å²) in [5.74, 6) is 0.329. The van der Waals surface area contributed by atoms with Gasteiger partial charge in [-0.05, 0) is 43.7 Å². The van der Waals surface area contributed by atoms with Crippen molar-refractivity contribution in [2.24, 2.45) is 0 Å². The maximum absolute atomic E-state index is 12.3. The maximum atomic E-state index is 12.3. The van der Waals surface area contributed by atoms with E-state index < -0.39 is 5.97 Å². The molecule has 2 aromatic carbocycles. The number of para-hydroxylation sites is 1. The molecule has 0 saturated carbocycles. The molecule has 0 unspecified atom stereocenters. The van der Waals surface area contributed by atoms with Crippen LogP contribution in [0.2, 0.25) is 0 Å². The van der Waals surface area contributed by atoms with Crippen molar-refractivity contribution in [3.8, 4) is 11.5 Å². The molecule has 0 saturated heterocycles. The second-order valence-corrected chi connectivity index (χ2v) is 5.96. The van der Waals surface area contributed by atoms with Gasteiger partial charge in [0.05, 0.1) is 5.56 Å². The number of furan rings is 1. The fourth-order valence-electron chi connectivity index (χ4n) is 2.69. The van der Waals surface area contributed by atoms with Crippen LogP contribution in [0.5, 0.6) is 11.5 Å². The van der Waals surface area contributed by atoms with Crippen LogP contribution in [0, 0.1) is 0 Å². The Morgan fingerprint density at radius 3 is 2.60 bits per heavy atom. The summed E-state index contributed by atoms with van der Waals surface area (Å²) in [7, 11) is 0. The molecule has 1 aromatic heterocycles. The first-order valence-electron chi connectivity index (χ1n) is 7.78. The molecule has 4 rings (SSSR count). The molecule has 1 aliphatic rings. The van der Waals surface area contributed by atoms with Crippen molar-refractivity contribution in [2.75, 3.05) is 0 Å². The van der Waals surface area contributed by atoms with Gasteiger partial charge in [0.1, 0.15) is 17.1 Å². The van der Waals surface area contributed by atoms with Crippen LogP contribution in [0.25, 0.3) is 11.0 Å². The van der Waals surface area contributed by atoms with E-state index in [-0.39, 0.29) is 17.3 Å². The Bertz CT molecular complexity index is 1020. The Morgan fingerprint density at radius 1 is 1.04 bits per heavy atom. The number of esters is 1. The van der Waals surface area contributed by atoms with Crippen LogP contribution < -0.4 is 9.47 Å². The number of fused-ring (bicyclic) bond motifs is 2. The van der Waals surface area contributed by atoms with Gasteiger partial charge < -0.3 is 13.9 Å². The standard InChI is InChI=1S/C20H14O5/c1-11(2)19-18(21)14-8-7-13(10-16(14)25-19)23-20(22)17-9-12-5-3-4-6-15(12)24-17/h3-10H,1-2H3. The monoisotopic (exact) mass is 334 g/mol. The zero-order chi connectivity index (χ0) is 17.6. The first kappa shape index (κ1) is 15.2. The fraction of sp³-hybridized carbons (Fsp3) is 0.100. The molecular formula is C20H14O5. The summed E-state index contributed by atoms with van der Waals surface area (Å²) in [5, 5.41) is 0.825. The molecule has 25 heavy (non-hydrogen) atoms. The highest BCUT2D eigenvalue weighted by Crippen LogP contribution is 2.35. The number of benzene rings is 2. The first-order valence-corrected chi connectivity index (χ1v) is 7.78. The number of hydrogen-bond acceptors (Lipinski definition) is 5. The van der Waals surface area contributed by atoms with E-state index >= 15 is 0 Å². The minimum atomic E-state index is -0.608. The average Bonchev–Trinajstić information content (AvgIpc) is 3.16. The largest absolute Gasteiger partial charge is 0.452 e. The van der Waals surface area contributed by atoms with Gasteiger partial charge in [-0.25, -0.2) is 4.79 Å². The normalized spacial score (nSPS) is 12.9. The minimum Gasteiger partial charge on any atom is -0.452 e. The van der Waals surface area contributed by atoms with Gasteiger partial charge in [0.2, 0.25) is 11.5 Å². The highest BCUT2D eigenvalue weighted by molar-refractivity contribution is 6.12. The molecule has 0 fully saturated rings. The van der Waals surface area contributed by atoms with E-state index in [1.54, 1.807) is 24.3 Å². The predicted octanol–water partition coefficient (Wildman–Crippen LogP) is 4.52. The lowest BCUT2D eigenvalue weighted by atomic mass is 10.1. The van der Waals surface area contributed by atoms with E-state index in [2.05, 4.69) is 0 Å². The first-order chi connectivity index (χ1) is 12.0. The Balaban J connectivity index is 1.60. The molecule has 5 heteroatoms. The van der Waals surface area contributed by atoms with Gasteiger partial charge in [-0.1, -0.05) is 18.2 Å². The van der Waals surface area contributed by atoms with Crippen molar-refractivity contribution >= 4 is 22.7 Å². The topological polar surface area (TPSA) is 65.7 Å². The van der Waals surface area contributed by atoms with Gasteiger partial charge in [0.15, 0.2) is 5.76 Å². The number of Topliss-reactive ketones (excluding diaryl/α,β-unsaturated/α-hetero) is 1. The van der Waals surface area contributed by atoms with Gasteiger partial charge in [0, 0.05) is 11.5 Å². The number of allylic oxidation sites excluding steroid dienone is 2. The van der Waals surface area contributed by atoms with Crippen molar-refractivity contribution in [2.45, 2.75) is 13.8 Å². The van der Waals surface area contributed by atoms with Crippen LogP contribution in [0.1, 0.15) is 34.8 Å². The lowest BCUT2D eigenvalue weighted by Gasteiger charge is -2.04. The summed E-state index contributed by atoms with van der Waals surface area (Å²) in [6.07, 6.45) is 0. The molecular weight excluding hydrogens is 320 g/mol. The van der Waals surface area contributed by atoms with Gasteiger partial charge in [-0.2, -0.15) is 0 Å². The number of ketones is 1. The Morgan fingerprint density at radius 2 is 1.84 bits per heavy atom. The number of rotatable bonds is 2. The van der Waals surface area contributed by atoms with Gasteiger partial charge in [0.25, 0.3) is 0 Å². The van der Waals surface area contributed by atoms with E-state index in [4.69, 9.17) is 13.9 Å². The third-order valence-corrected chi connectivity index (χ3v) is 3.91. The molecule has 5 nitrogen and oxygen atoms in total. The predicted molar refractivity (Wildman–Crippen MR) is 90.9 cm³/mol. The number of ether oxygens (including phenoxy) is 2. The summed E-state index contributed by atoms with van der Waals surface area (Å²) in [4.78, 5) is 24.5. The molecule has 124 valence electrons. The van der Waals surface area contributed by atoms with Crippen LogP contribution >= 0.6 is 0 Å². The molecule has 1 aliphatic heterocycles. The van der Waals surface area contributed by atoms with Crippen molar-refractivity contribution in [1.29, 1.82) is 0 Å². The number of carbonyl (C=O) groups is 2. The Kier molecular flexibility index (Phi) is 3.42. The molecule has 0 spiro atoms. The smallest absolute Gasteiger partial charge is 0.379 e. The van der Waals surface area contributed by atoms with Crippen LogP contribution in [0.4, 0.5) is 0 Å². The van der Waals surface area contributed by atoms with Gasteiger partial charge in [-0.15, -0.1) is 0 Å². The second-order valence-electron chi connectivity index (χ2n) is 5.96. The lowest BCUT2D eigenvalue weighted by Crippen LogP contribution is -2.07. The van der Waals surface area contributed by atoms with Crippen LogP contribution in [-0.2, 0) is 0 Å². The summed E-state index contributed by atoms with van der Waals surface area (Å²) in [5.41, 5.74) is 1.87. The maximum Gasteiger partial charge on any atom is 0.379 e. The molecule has 3 aromatic rings. The number of carbonyl (C=O) groups excluding carboxylic acids is 2. The Labute approximate surface area is 143 Å². The summed E-state index contributed by atoms with van der Waals surface area (Å²) >= 11 is 0. The molecule has 0 amide bonds. The molecule has 0 radical (unpaired) electrons. The van der Waals surface area contributed by atoms with Gasteiger partial charge in [-0.3, -0.25) is 4.79 Å². The zero-order valence-electron chi connectivity index (χ0n) is 13.7. The zero-order valence-corrected chi connectivity index (χ0v) is 13.7. The van der Waals surface area contributed by atoms with E-state index in [0.29, 0.717) is 22.7 Å². The minimum absolute atomic E-state index is 0.115. The van der Waals surface area contributed by atoms with Crippen molar-refractivity contribution in [1.82, 2.24) is 0 Å². The van der Waals surface area contributed by atoms with Crippen molar-refractivity contribution in [3.63, 3.8) is 0 Å². The third-order valence-electron chi connectivity index (χ3n) is 3.91. The number of hydrogen-bond donors (Lipinski definition) is 0. The van der Waals surface area contributed by atoms with E-state index in [1.165, 1.54) is 6.07 Å².